The van der Waals surface area contributed by atoms with Crippen LogP contribution in [0.5, 0.6) is 5.75 Å². The molecule has 0 radical (unpaired) electrons. The molecular weight excluding hydrogens is 316 g/mol. The van der Waals surface area contributed by atoms with Gasteiger partial charge in [-0.2, -0.15) is 0 Å². The quantitative estimate of drug-likeness (QED) is 0.804. The highest BCUT2D eigenvalue weighted by Gasteiger charge is 2.35. The predicted molar refractivity (Wildman–Crippen MR) is 93.0 cm³/mol. The fraction of sp³-hybridized carbons (Fsp3) is 0.588. The Morgan fingerprint density at radius 3 is 2.65 bits per heavy atom. The highest BCUT2D eigenvalue weighted by Crippen LogP contribution is 2.27. The fourth-order valence-corrected chi connectivity index (χ4v) is 2.57. The predicted octanol–water partition coefficient (Wildman–Crippen LogP) is 2.09. The van der Waals surface area contributed by atoms with E-state index in [0.717, 1.165) is 12.2 Å². The van der Waals surface area contributed by atoms with Crippen LogP contribution in [0.25, 0.3) is 0 Å². The van der Waals surface area contributed by atoms with Crippen LogP contribution in [0, 0.1) is 5.41 Å². The first kappa shape index (κ1) is 19.7. The van der Waals surface area contributed by atoms with E-state index < -0.39 is 0 Å². The van der Waals surface area contributed by atoms with E-state index in [1.807, 2.05) is 35.2 Å². The Balaban J connectivity index is 0.00000264. The molecule has 1 saturated heterocycles. The summed E-state index contributed by atoms with van der Waals surface area (Å²) in [7, 11) is 0. The van der Waals surface area contributed by atoms with Gasteiger partial charge in [-0.05, 0) is 24.0 Å². The molecule has 5 nitrogen and oxygen atoms in total. The van der Waals surface area contributed by atoms with Crippen molar-refractivity contribution in [2.24, 2.45) is 11.1 Å². The van der Waals surface area contributed by atoms with Crippen molar-refractivity contribution in [3.63, 3.8) is 0 Å². The second-order valence-corrected chi connectivity index (χ2v) is 6.41. The van der Waals surface area contributed by atoms with Gasteiger partial charge in [0.15, 0.2) is 0 Å². The number of amides is 1. The van der Waals surface area contributed by atoms with Gasteiger partial charge in [-0.1, -0.05) is 32.0 Å². The summed E-state index contributed by atoms with van der Waals surface area (Å²) >= 11 is 0. The Kier molecular flexibility index (Phi) is 7.82. The number of nitrogens with two attached hydrogens (primary N) is 1. The smallest absolute Gasteiger partial charge is 0.248 e. The molecule has 1 aliphatic heterocycles. The summed E-state index contributed by atoms with van der Waals surface area (Å²) in [5.41, 5.74) is 6.05. The minimum Gasteiger partial charge on any atom is -0.491 e. The minimum atomic E-state index is -0.0374. The molecule has 0 saturated carbocycles. The van der Waals surface area contributed by atoms with Gasteiger partial charge in [0.25, 0.3) is 0 Å². The van der Waals surface area contributed by atoms with Gasteiger partial charge in [-0.15, -0.1) is 12.4 Å². The molecule has 1 aromatic carbocycles. The molecule has 0 aromatic heterocycles. The van der Waals surface area contributed by atoms with Crippen LogP contribution in [-0.2, 0) is 9.53 Å². The number of likely N-dealkylation sites (tertiary alicyclic amines) is 1. The highest BCUT2D eigenvalue weighted by molar-refractivity contribution is 5.85. The molecule has 1 unspecified atom stereocenters. The maximum atomic E-state index is 12.1. The molecule has 2 rings (SSSR count). The Morgan fingerprint density at radius 2 is 2.00 bits per heavy atom. The van der Waals surface area contributed by atoms with Crippen LogP contribution < -0.4 is 10.5 Å². The first-order valence-electron chi connectivity index (χ1n) is 7.78. The normalized spacial score (nSPS) is 19.8. The lowest BCUT2D eigenvalue weighted by Gasteiger charge is -2.42. The largest absolute Gasteiger partial charge is 0.491 e. The molecule has 1 atom stereocenters. The molecule has 1 fully saturated rings. The van der Waals surface area contributed by atoms with Gasteiger partial charge in [-0.25, -0.2) is 0 Å². The van der Waals surface area contributed by atoms with Crippen molar-refractivity contribution in [3.8, 4) is 5.75 Å². The summed E-state index contributed by atoms with van der Waals surface area (Å²) in [6, 6.07) is 9.71. The number of rotatable bonds is 6. The van der Waals surface area contributed by atoms with Crippen LogP contribution in [-0.4, -0.2) is 49.8 Å². The van der Waals surface area contributed by atoms with Crippen molar-refractivity contribution >= 4 is 18.3 Å². The van der Waals surface area contributed by atoms with Gasteiger partial charge in [0.1, 0.15) is 19.0 Å². The molecular formula is C17H27ClN2O3. The number of ether oxygens (including phenoxy) is 2. The Hall–Kier alpha value is -1.30. The van der Waals surface area contributed by atoms with Gasteiger partial charge in [0, 0.05) is 19.1 Å². The maximum absolute atomic E-state index is 12.1. The molecule has 1 heterocycles. The van der Waals surface area contributed by atoms with Gasteiger partial charge in [-0.3, -0.25) is 4.79 Å². The molecule has 6 heteroatoms. The molecule has 0 aliphatic carbocycles. The zero-order valence-corrected chi connectivity index (χ0v) is 14.7. The van der Waals surface area contributed by atoms with E-state index in [0.29, 0.717) is 26.3 Å². The number of carbonyl (C=O) groups is 1. The summed E-state index contributed by atoms with van der Waals surface area (Å²) in [6.45, 7) is 6.55. The summed E-state index contributed by atoms with van der Waals surface area (Å²) in [4.78, 5) is 14.0. The van der Waals surface area contributed by atoms with Crippen LogP contribution in [0.1, 0.15) is 20.3 Å². The third-order valence-electron chi connectivity index (χ3n) is 4.13. The number of halogens is 1. The van der Waals surface area contributed by atoms with E-state index in [1.54, 1.807) is 0 Å². The van der Waals surface area contributed by atoms with Crippen molar-refractivity contribution < 1.29 is 14.3 Å². The van der Waals surface area contributed by atoms with Crippen LogP contribution in [0.4, 0.5) is 0 Å². The number of hydrogen-bond acceptors (Lipinski definition) is 4. The van der Waals surface area contributed by atoms with Crippen molar-refractivity contribution in [2.45, 2.75) is 26.3 Å². The number of benzene rings is 1. The summed E-state index contributed by atoms with van der Waals surface area (Å²) in [5, 5.41) is 0. The maximum Gasteiger partial charge on any atom is 0.248 e. The van der Waals surface area contributed by atoms with E-state index in [2.05, 4.69) is 13.8 Å². The molecule has 1 amide bonds. The zero-order chi connectivity index (χ0) is 16.0. The lowest BCUT2D eigenvalue weighted by Crippen LogP contribution is -2.54. The van der Waals surface area contributed by atoms with E-state index >= 15 is 0 Å². The lowest BCUT2D eigenvalue weighted by atomic mass is 9.80. The van der Waals surface area contributed by atoms with E-state index in [1.165, 1.54) is 0 Å². The standard InChI is InChI=1S/C17H26N2O3.ClH/c1-17(2)13-19(9-8-15(17)18)16(20)12-21-10-11-22-14-6-4-3-5-7-14;/h3-7,15H,8-13,18H2,1-2H3;1H. The van der Waals surface area contributed by atoms with Gasteiger partial charge in [0.05, 0.1) is 6.61 Å². The van der Waals surface area contributed by atoms with Crippen LogP contribution in [0.3, 0.4) is 0 Å². The fourth-order valence-electron chi connectivity index (χ4n) is 2.57. The molecule has 130 valence electrons. The van der Waals surface area contributed by atoms with Crippen molar-refractivity contribution in [2.75, 3.05) is 32.9 Å². The number of hydrogen-bond donors (Lipinski definition) is 1. The van der Waals surface area contributed by atoms with Gasteiger partial charge >= 0.3 is 0 Å². The average molecular weight is 343 g/mol. The Labute approximate surface area is 144 Å². The molecule has 0 spiro atoms. The SMILES string of the molecule is CC1(C)CN(C(=O)COCCOc2ccccc2)CCC1N.Cl. The van der Waals surface area contributed by atoms with E-state index in [4.69, 9.17) is 15.2 Å². The summed E-state index contributed by atoms with van der Waals surface area (Å²) < 4.78 is 10.9. The highest BCUT2D eigenvalue weighted by atomic mass is 35.5. The first-order chi connectivity index (χ1) is 10.5. The molecule has 0 bridgehead atoms. The third-order valence-corrected chi connectivity index (χ3v) is 4.13. The van der Waals surface area contributed by atoms with Crippen LogP contribution >= 0.6 is 12.4 Å². The minimum absolute atomic E-state index is 0. The third kappa shape index (κ3) is 6.01. The van der Waals surface area contributed by atoms with Gasteiger partial charge in [0.2, 0.25) is 5.91 Å². The number of piperidine rings is 1. The second-order valence-electron chi connectivity index (χ2n) is 6.41. The number of nitrogens with zero attached hydrogens (tertiary/aromatic N) is 1. The Bertz CT molecular complexity index is 482. The summed E-state index contributed by atoms with van der Waals surface area (Å²) in [6.07, 6.45) is 0.843. The monoisotopic (exact) mass is 342 g/mol. The van der Waals surface area contributed by atoms with Crippen LogP contribution in [0.15, 0.2) is 30.3 Å². The Morgan fingerprint density at radius 1 is 1.30 bits per heavy atom. The number of para-hydroxylation sites is 1. The number of carbonyl (C=O) groups excluding carboxylic acids is 1. The molecule has 2 N–H and O–H groups in total. The lowest BCUT2D eigenvalue weighted by molar-refractivity contribution is -0.139. The zero-order valence-electron chi connectivity index (χ0n) is 13.9. The second kappa shape index (κ2) is 9.11. The molecule has 1 aliphatic rings. The van der Waals surface area contributed by atoms with E-state index in [-0.39, 0.29) is 36.4 Å². The molecule has 1 aromatic rings. The van der Waals surface area contributed by atoms with E-state index in [9.17, 15) is 4.79 Å². The summed E-state index contributed by atoms with van der Waals surface area (Å²) in [5.74, 6) is 0.837. The molecule has 23 heavy (non-hydrogen) atoms. The van der Waals surface area contributed by atoms with Crippen molar-refractivity contribution in [1.82, 2.24) is 4.90 Å². The van der Waals surface area contributed by atoms with Crippen LogP contribution in [0.2, 0.25) is 0 Å². The average Bonchev–Trinajstić information content (AvgIpc) is 2.50. The van der Waals surface area contributed by atoms with Crippen molar-refractivity contribution in [3.05, 3.63) is 30.3 Å². The topological polar surface area (TPSA) is 64.8 Å². The van der Waals surface area contributed by atoms with Gasteiger partial charge < -0.3 is 20.1 Å². The van der Waals surface area contributed by atoms with Crippen molar-refractivity contribution in [1.29, 1.82) is 0 Å². The first-order valence-corrected chi connectivity index (χ1v) is 7.78.